The summed E-state index contributed by atoms with van der Waals surface area (Å²) >= 11 is 0. The molecule has 0 unspecified atom stereocenters. The molecule has 1 aromatic carbocycles. The Morgan fingerprint density at radius 1 is 0.759 bits per heavy atom. The highest BCUT2D eigenvalue weighted by Gasteiger charge is 2.15. The van der Waals surface area contributed by atoms with Crippen molar-refractivity contribution >= 4 is 16.6 Å². The van der Waals surface area contributed by atoms with E-state index < -0.39 is 0 Å². The lowest BCUT2D eigenvalue weighted by molar-refractivity contribution is 0.586. The van der Waals surface area contributed by atoms with Gasteiger partial charge in [0.05, 0.1) is 5.52 Å². The molecular weight excluding hydrogens is 356 g/mol. The minimum atomic E-state index is 0.177. The van der Waals surface area contributed by atoms with Gasteiger partial charge >= 0.3 is 0 Å². The molecule has 0 saturated carbocycles. The highest BCUT2D eigenvalue weighted by Crippen LogP contribution is 2.26. The topological polar surface area (TPSA) is 43.1 Å². The van der Waals surface area contributed by atoms with E-state index in [2.05, 4.69) is 104 Å². The van der Waals surface area contributed by atoms with Crippen LogP contribution in [0.1, 0.15) is 64.1 Å². The van der Waals surface area contributed by atoms with Gasteiger partial charge in [0.1, 0.15) is 12.0 Å². The predicted octanol–water partition coefficient (Wildman–Crippen LogP) is 6.18. The zero-order valence-electron chi connectivity index (χ0n) is 18.9. The maximum absolute atomic E-state index is 4.30. The Hall–Kier alpha value is -2.75. The van der Waals surface area contributed by atoms with Crippen LogP contribution in [0.5, 0.6) is 0 Å². The third kappa shape index (κ3) is 4.64. The van der Waals surface area contributed by atoms with Gasteiger partial charge in [0.25, 0.3) is 0 Å². The maximum atomic E-state index is 4.30. The average Bonchev–Trinajstić information content (AvgIpc) is 3.01. The lowest BCUT2D eigenvalue weighted by Crippen LogP contribution is -2.11. The third-order valence-corrected chi connectivity index (χ3v) is 5.26. The molecule has 4 aromatic rings. The lowest BCUT2D eigenvalue weighted by atomic mass is 9.86. The molecule has 0 aliphatic heterocycles. The van der Waals surface area contributed by atoms with Gasteiger partial charge in [-0.05, 0) is 54.0 Å². The van der Waals surface area contributed by atoms with Crippen molar-refractivity contribution in [2.24, 2.45) is 0 Å². The molecule has 4 nitrogen and oxygen atoms in total. The van der Waals surface area contributed by atoms with E-state index in [0.717, 1.165) is 22.2 Å². The summed E-state index contributed by atoms with van der Waals surface area (Å²) in [6.45, 7) is 17.4. The number of benzene rings is 1. The van der Waals surface area contributed by atoms with Crippen LogP contribution in [0.2, 0.25) is 0 Å². The van der Waals surface area contributed by atoms with Gasteiger partial charge in [-0.3, -0.25) is 0 Å². The van der Waals surface area contributed by atoms with E-state index in [1.807, 2.05) is 13.1 Å². The van der Waals surface area contributed by atoms with Crippen molar-refractivity contribution in [3.8, 4) is 0 Å². The number of fused-ring (bicyclic) bond motifs is 2. The van der Waals surface area contributed by atoms with E-state index in [0.29, 0.717) is 0 Å². The Kier molecular flexibility index (Phi) is 5.48. The number of pyridine rings is 1. The second kappa shape index (κ2) is 7.58. The standard InChI is InChI=1S/C13H16N2.C12H16N2/c1-9-11-7-10(13(2,3)4)5-6-12(11)15-8-14-9;1-9-7-13-11-6-5-10(8-14(9)11)12(2,3)4/h5-8H,1-4H3;5-8H,1-4H3. The molecule has 0 aliphatic rings. The molecule has 0 aliphatic carbocycles. The molecule has 0 bridgehead atoms. The summed E-state index contributed by atoms with van der Waals surface area (Å²) in [6, 6.07) is 10.7. The smallest absolute Gasteiger partial charge is 0.136 e. The fraction of sp³-hybridized carbons (Fsp3) is 0.400. The minimum Gasteiger partial charge on any atom is -0.304 e. The molecular formula is C25H32N4. The monoisotopic (exact) mass is 388 g/mol. The molecule has 0 atom stereocenters. The Labute approximate surface area is 174 Å². The molecule has 0 spiro atoms. The van der Waals surface area contributed by atoms with E-state index in [4.69, 9.17) is 0 Å². The van der Waals surface area contributed by atoms with Crippen LogP contribution in [0.4, 0.5) is 0 Å². The van der Waals surface area contributed by atoms with E-state index in [9.17, 15) is 0 Å². The van der Waals surface area contributed by atoms with Crippen molar-refractivity contribution in [3.05, 3.63) is 71.6 Å². The summed E-state index contributed by atoms with van der Waals surface area (Å²) in [5.41, 5.74) is 7.32. The van der Waals surface area contributed by atoms with Gasteiger partial charge in [-0.15, -0.1) is 0 Å². The summed E-state index contributed by atoms with van der Waals surface area (Å²) in [4.78, 5) is 12.8. The summed E-state index contributed by atoms with van der Waals surface area (Å²) in [7, 11) is 0. The number of imidazole rings is 1. The number of hydrogen-bond donors (Lipinski definition) is 0. The number of nitrogens with zero attached hydrogens (tertiary/aromatic N) is 4. The largest absolute Gasteiger partial charge is 0.304 e. The van der Waals surface area contributed by atoms with Gasteiger partial charge in [-0.1, -0.05) is 53.7 Å². The normalized spacial score (nSPS) is 12.1. The summed E-state index contributed by atoms with van der Waals surface area (Å²) in [6.07, 6.45) is 5.70. The van der Waals surface area contributed by atoms with Crippen molar-refractivity contribution in [1.82, 2.24) is 19.4 Å². The molecule has 4 rings (SSSR count). The quantitative estimate of drug-likeness (QED) is 0.361. The SMILES string of the molecule is Cc1cnc2ccc(C(C)(C)C)cn12.Cc1ncnc2ccc(C(C)(C)C)cc12. The van der Waals surface area contributed by atoms with Crippen molar-refractivity contribution in [1.29, 1.82) is 0 Å². The number of aromatic nitrogens is 4. The van der Waals surface area contributed by atoms with Gasteiger partial charge < -0.3 is 4.40 Å². The third-order valence-electron chi connectivity index (χ3n) is 5.26. The average molecular weight is 389 g/mol. The van der Waals surface area contributed by atoms with E-state index in [1.165, 1.54) is 16.8 Å². The molecule has 3 heterocycles. The maximum Gasteiger partial charge on any atom is 0.136 e. The van der Waals surface area contributed by atoms with Crippen molar-refractivity contribution in [3.63, 3.8) is 0 Å². The highest BCUT2D eigenvalue weighted by atomic mass is 15.0. The van der Waals surface area contributed by atoms with Crippen LogP contribution >= 0.6 is 0 Å². The zero-order valence-corrected chi connectivity index (χ0v) is 18.9. The summed E-state index contributed by atoms with van der Waals surface area (Å²) < 4.78 is 2.14. The van der Waals surface area contributed by atoms with Crippen LogP contribution in [0.3, 0.4) is 0 Å². The van der Waals surface area contributed by atoms with Crippen LogP contribution in [-0.2, 0) is 10.8 Å². The first-order valence-electron chi connectivity index (χ1n) is 10.1. The number of aryl methyl sites for hydroxylation is 2. The Morgan fingerprint density at radius 2 is 1.41 bits per heavy atom. The molecule has 29 heavy (non-hydrogen) atoms. The minimum absolute atomic E-state index is 0.177. The highest BCUT2D eigenvalue weighted by molar-refractivity contribution is 5.81. The van der Waals surface area contributed by atoms with Gasteiger partial charge in [0.2, 0.25) is 0 Å². The number of hydrogen-bond acceptors (Lipinski definition) is 3. The van der Waals surface area contributed by atoms with E-state index >= 15 is 0 Å². The van der Waals surface area contributed by atoms with Crippen LogP contribution in [0.25, 0.3) is 16.6 Å². The van der Waals surface area contributed by atoms with Gasteiger partial charge in [0.15, 0.2) is 0 Å². The first kappa shape index (κ1) is 21.0. The van der Waals surface area contributed by atoms with Crippen LogP contribution in [0.15, 0.2) is 49.1 Å². The Balaban J connectivity index is 0.000000166. The van der Waals surface area contributed by atoms with E-state index in [-0.39, 0.29) is 10.8 Å². The van der Waals surface area contributed by atoms with E-state index in [1.54, 1.807) is 6.33 Å². The molecule has 4 heteroatoms. The fourth-order valence-corrected chi connectivity index (χ4v) is 3.20. The molecule has 0 amide bonds. The van der Waals surface area contributed by atoms with Gasteiger partial charge in [0, 0.05) is 29.2 Å². The number of rotatable bonds is 0. The Bertz CT molecular complexity index is 1140. The first-order valence-corrected chi connectivity index (χ1v) is 10.1. The van der Waals surface area contributed by atoms with Gasteiger partial charge in [-0.25, -0.2) is 15.0 Å². The molecule has 0 N–H and O–H groups in total. The van der Waals surface area contributed by atoms with Crippen LogP contribution < -0.4 is 0 Å². The van der Waals surface area contributed by atoms with Crippen LogP contribution in [-0.4, -0.2) is 19.4 Å². The van der Waals surface area contributed by atoms with Crippen LogP contribution in [0, 0.1) is 13.8 Å². The second-order valence-electron chi connectivity index (χ2n) is 9.74. The van der Waals surface area contributed by atoms with Crippen molar-refractivity contribution in [2.45, 2.75) is 66.2 Å². The predicted molar refractivity (Wildman–Crippen MR) is 122 cm³/mol. The molecule has 3 aromatic heterocycles. The molecule has 0 fully saturated rings. The summed E-state index contributed by atoms with van der Waals surface area (Å²) in [5.74, 6) is 0. The van der Waals surface area contributed by atoms with Gasteiger partial charge in [-0.2, -0.15) is 0 Å². The lowest BCUT2D eigenvalue weighted by Gasteiger charge is -2.19. The fourth-order valence-electron chi connectivity index (χ4n) is 3.20. The Morgan fingerprint density at radius 3 is 2.07 bits per heavy atom. The zero-order chi connectivity index (χ0) is 21.4. The molecule has 0 radical (unpaired) electrons. The van der Waals surface area contributed by atoms with Crippen molar-refractivity contribution in [2.75, 3.05) is 0 Å². The molecule has 152 valence electrons. The first-order chi connectivity index (χ1) is 13.5. The summed E-state index contributed by atoms with van der Waals surface area (Å²) in [5, 5.41) is 1.16. The second-order valence-corrected chi connectivity index (χ2v) is 9.74. The molecule has 0 saturated heterocycles. The van der Waals surface area contributed by atoms with Crippen molar-refractivity contribution < 1.29 is 0 Å².